The van der Waals surface area contributed by atoms with Gasteiger partial charge < -0.3 is 0 Å². The highest BCUT2D eigenvalue weighted by atomic mass is 16.1. The summed E-state index contributed by atoms with van der Waals surface area (Å²) in [4.78, 5) is 14.3. The topological polar surface area (TPSA) is 72.2 Å². The van der Waals surface area contributed by atoms with Gasteiger partial charge in [-0.15, -0.1) is 0 Å². The summed E-state index contributed by atoms with van der Waals surface area (Å²) in [5.74, 6) is -0.317. The number of aliphatic imine (C=N–C) groups is 1. The zero-order valence-electron chi connectivity index (χ0n) is 4.90. The van der Waals surface area contributed by atoms with Crippen LogP contribution in [-0.4, -0.2) is 22.4 Å². The summed E-state index contributed by atoms with van der Waals surface area (Å²) in [6.07, 6.45) is 2.71. The number of hydrogen-bond donors (Lipinski definition) is 1. The number of carbonyl (C=O) groups excluding carboxylic acids is 1. The highest BCUT2D eigenvalue weighted by Gasteiger charge is 2.16. The first-order chi connectivity index (χ1) is 4.88. The molecule has 0 saturated heterocycles. The molecule has 1 aliphatic heterocycles. The fraction of sp³-hybridized carbons (Fsp3) is 0. The van der Waals surface area contributed by atoms with Crippen LogP contribution in [0.3, 0.4) is 0 Å². The fourth-order valence-corrected chi connectivity index (χ4v) is 0.743. The normalized spacial score (nSPS) is 14.6. The number of amides is 1. The number of aromatic nitrogens is 2. The Bertz CT molecular complexity index is 300. The molecule has 0 fully saturated rings. The molecule has 1 aromatic heterocycles. The summed E-state index contributed by atoms with van der Waals surface area (Å²) >= 11 is 0. The molecule has 5 heteroatoms. The number of hydrogen-bond acceptors (Lipinski definition) is 2. The van der Waals surface area contributed by atoms with E-state index in [0.717, 1.165) is 0 Å². The molecule has 1 N–H and O–H groups in total. The Morgan fingerprint density at radius 3 is 3.20 bits per heavy atom. The molecule has 0 aromatic carbocycles. The number of aromatic amines is 1. The van der Waals surface area contributed by atoms with Crippen LogP contribution < -0.4 is 5.32 Å². The Labute approximate surface area is 56.2 Å². The van der Waals surface area contributed by atoms with Crippen molar-refractivity contribution in [1.29, 1.82) is 0 Å². The molecule has 0 aliphatic carbocycles. The van der Waals surface area contributed by atoms with Crippen LogP contribution in [0.2, 0.25) is 0 Å². The molecular weight excluding hydrogens is 132 g/mol. The van der Waals surface area contributed by atoms with Gasteiger partial charge in [-0.1, -0.05) is 0 Å². The maximum atomic E-state index is 10.8. The van der Waals surface area contributed by atoms with E-state index in [1.54, 1.807) is 0 Å². The number of H-pyrrole nitrogens is 1. The first-order valence-corrected chi connectivity index (χ1v) is 2.69. The van der Waals surface area contributed by atoms with Crippen LogP contribution in [0.5, 0.6) is 0 Å². The molecule has 0 saturated carbocycles. The van der Waals surface area contributed by atoms with Crippen molar-refractivity contribution in [2.75, 3.05) is 0 Å². The Morgan fingerprint density at radius 1 is 1.50 bits per heavy atom. The molecule has 49 valence electrons. The molecule has 0 bridgehead atoms. The molecule has 10 heavy (non-hydrogen) atoms. The lowest BCUT2D eigenvalue weighted by molar-refractivity contribution is 0.0997. The third kappa shape index (κ3) is 0.540. The standard InChI is InChI=1S/C5H3N4O/c10-5-4-3(1-8-9-4)6-2-7-5/h1-2H,(H,8,9). The van der Waals surface area contributed by atoms with Gasteiger partial charge in [-0.25, -0.2) is 5.32 Å². The van der Waals surface area contributed by atoms with E-state index in [1.165, 1.54) is 12.5 Å². The smallest absolute Gasteiger partial charge is 0.271 e. The molecule has 0 atom stereocenters. The van der Waals surface area contributed by atoms with E-state index in [2.05, 4.69) is 20.5 Å². The highest BCUT2D eigenvalue weighted by molar-refractivity contribution is 6.04. The largest absolute Gasteiger partial charge is 0.298 e. The zero-order chi connectivity index (χ0) is 6.97. The van der Waals surface area contributed by atoms with E-state index in [9.17, 15) is 4.79 Å². The molecule has 1 amide bonds. The molecule has 1 aliphatic rings. The van der Waals surface area contributed by atoms with Gasteiger partial charge in [0.05, 0.1) is 6.20 Å². The van der Waals surface area contributed by atoms with Crippen LogP contribution in [0.4, 0.5) is 5.69 Å². The highest BCUT2D eigenvalue weighted by Crippen LogP contribution is 2.14. The third-order valence-corrected chi connectivity index (χ3v) is 1.21. The Hall–Kier alpha value is -1.65. The lowest BCUT2D eigenvalue weighted by atomic mass is 10.3. The number of rotatable bonds is 0. The number of nitrogens with one attached hydrogen (secondary N) is 1. The van der Waals surface area contributed by atoms with Gasteiger partial charge in [0, 0.05) is 0 Å². The average Bonchev–Trinajstić information content (AvgIpc) is 2.36. The minimum absolute atomic E-state index is 0.317. The Morgan fingerprint density at radius 2 is 2.40 bits per heavy atom. The first kappa shape index (κ1) is 5.16. The Balaban J connectivity index is 2.58. The molecule has 0 spiro atoms. The van der Waals surface area contributed by atoms with Gasteiger partial charge >= 0.3 is 0 Å². The first-order valence-electron chi connectivity index (χ1n) is 2.69. The maximum Gasteiger partial charge on any atom is 0.298 e. The lowest BCUT2D eigenvalue weighted by Crippen LogP contribution is -2.08. The van der Waals surface area contributed by atoms with Crippen molar-refractivity contribution in [1.82, 2.24) is 15.5 Å². The van der Waals surface area contributed by atoms with Gasteiger partial charge in [-0.3, -0.25) is 9.89 Å². The van der Waals surface area contributed by atoms with Crippen LogP contribution in [0.15, 0.2) is 11.2 Å². The SMILES string of the molecule is O=C1N=C[N]c2cn[nH]c21. The Kier molecular flexibility index (Phi) is 0.858. The average molecular weight is 135 g/mol. The molecular formula is C5H3N4O. The van der Waals surface area contributed by atoms with Gasteiger partial charge in [0.15, 0.2) is 5.69 Å². The second-order valence-corrected chi connectivity index (χ2v) is 1.81. The fourth-order valence-electron chi connectivity index (χ4n) is 0.743. The van der Waals surface area contributed by atoms with E-state index < -0.39 is 0 Å². The summed E-state index contributed by atoms with van der Waals surface area (Å²) in [6.45, 7) is 0. The molecule has 5 nitrogen and oxygen atoms in total. The van der Waals surface area contributed by atoms with Crippen LogP contribution in [0.25, 0.3) is 0 Å². The van der Waals surface area contributed by atoms with Gasteiger partial charge in [0.25, 0.3) is 5.91 Å². The maximum absolute atomic E-state index is 10.8. The van der Waals surface area contributed by atoms with Crippen LogP contribution in [0.1, 0.15) is 10.5 Å². The van der Waals surface area contributed by atoms with Gasteiger partial charge in [0.2, 0.25) is 0 Å². The van der Waals surface area contributed by atoms with Crippen molar-refractivity contribution >= 4 is 17.9 Å². The van der Waals surface area contributed by atoms with Crippen molar-refractivity contribution in [2.45, 2.75) is 0 Å². The summed E-state index contributed by atoms with van der Waals surface area (Å²) in [7, 11) is 0. The monoisotopic (exact) mass is 135 g/mol. The minimum Gasteiger partial charge on any atom is -0.271 e. The zero-order valence-corrected chi connectivity index (χ0v) is 4.90. The van der Waals surface area contributed by atoms with Crippen LogP contribution in [0, 0.1) is 0 Å². The van der Waals surface area contributed by atoms with Crippen molar-refractivity contribution < 1.29 is 4.79 Å². The molecule has 2 rings (SSSR count). The van der Waals surface area contributed by atoms with E-state index >= 15 is 0 Å². The molecule has 0 unspecified atom stereocenters. The third-order valence-electron chi connectivity index (χ3n) is 1.21. The van der Waals surface area contributed by atoms with E-state index in [-0.39, 0.29) is 5.91 Å². The van der Waals surface area contributed by atoms with Gasteiger partial charge in [0.1, 0.15) is 12.0 Å². The number of nitrogens with zero attached hydrogens (tertiary/aromatic N) is 3. The quantitative estimate of drug-likeness (QED) is 0.536. The summed E-state index contributed by atoms with van der Waals surface area (Å²) in [6, 6.07) is 0. The van der Waals surface area contributed by atoms with Crippen molar-refractivity contribution in [3.63, 3.8) is 0 Å². The number of fused-ring (bicyclic) bond motifs is 1. The molecule has 1 radical (unpaired) electrons. The van der Waals surface area contributed by atoms with Gasteiger partial charge in [-0.2, -0.15) is 10.1 Å². The summed E-state index contributed by atoms with van der Waals surface area (Å²) in [5.41, 5.74) is 0.919. The number of carbonyl (C=O) groups is 1. The van der Waals surface area contributed by atoms with Crippen molar-refractivity contribution in [3.05, 3.63) is 11.9 Å². The predicted octanol–water partition coefficient (Wildman–Crippen LogP) is -0.172. The predicted molar refractivity (Wildman–Crippen MR) is 33.2 cm³/mol. The summed E-state index contributed by atoms with van der Waals surface area (Å²) in [5, 5.41) is 9.93. The minimum atomic E-state index is -0.317. The van der Waals surface area contributed by atoms with Gasteiger partial charge in [-0.05, 0) is 0 Å². The molecule has 1 aromatic rings. The van der Waals surface area contributed by atoms with Crippen LogP contribution in [-0.2, 0) is 0 Å². The lowest BCUT2D eigenvalue weighted by Gasteiger charge is -1.98. The van der Waals surface area contributed by atoms with E-state index in [4.69, 9.17) is 0 Å². The summed E-state index contributed by atoms with van der Waals surface area (Å²) < 4.78 is 0. The van der Waals surface area contributed by atoms with Crippen LogP contribution >= 0.6 is 0 Å². The van der Waals surface area contributed by atoms with Crippen molar-refractivity contribution in [2.24, 2.45) is 4.99 Å². The van der Waals surface area contributed by atoms with Crippen molar-refractivity contribution in [3.8, 4) is 0 Å². The van der Waals surface area contributed by atoms with E-state index in [1.807, 2.05) is 0 Å². The van der Waals surface area contributed by atoms with E-state index in [0.29, 0.717) is 11.4 Å². The molecule has 2 heterocycles. The second kappa shape index (κ2) is 1.66. The second-order valence-electron chi connectivity index (χ2n) is 1.81.